The molecule has 5 saturated heterocycles. The molecule has 27 heteroatoms. The van der Waals surface area contributed by atoms with Gasteiger partial charge in [0.1, 0.15) is 122 Å². The quantitative estimate of drug-likeness (QED) is 0.0770. The minimum Gasteiger partial charge on any atom is -0.394 e. The van der Waals surface area contributed by atoms with Crippen LogP contribution in [-0.2, 0) is 47.4 Å². The van der Waals surface area contributed by atoms with E-state index >= 15 is 0 Å². The van der Waals surface area contributed by atoms with E-state index < -0.39 is 192 Å². The molecular formula is C32H55NO26. The van der Waals surface area contributed by atoms with E-state index in [1.807, 2.05) is 0 Å². The molecule has 5 aliphatic rings. The van der Waals surface area contributed by atoms with Crippen molar-refractivity contribution in [3.8, 4) is 0 Å². The molecule has 0 aromatic rings. The first kappa shape index (κ1) is 48.5. The molecule has 5 heterocycles. The summed E-state index contributed by atoms with van der Waals surface area (Å²) in [7, 11) is 0. The molecule has 5 rings (SSSR count). The molecular weight excluding hydrogens is 814 g/mol. The summed E-state index contributed by atoms with van der Waals surface area (Å²) in [4.78, 5) is 12.2. The van der Waals surface area contributed by atoms with Crippen LogP contribution >= 0.6 is 0 Å². The van der Waals surface area contributed by atoms with Crippen LogP contribution in [0, 0.1) is 0 Å². The molecule has 0 saturated carbocycles. The molecule has 25 atom stereocenters. The van der Waals surface area contributed by atoms with Gasteiger partial charge in [0.2, 0.25) is 5.91 Å². The average molecular weight is 870 g/mol. The summed E-state index contributed by atoms with van der Waals surface area (Å²) in [5.74, 6) is -0.790. The summed E-state index contributed by atoms with van der Waals surface area (Å²) in [6.07, 6.45) is -46.6. The van der Waals surface area contributed by atoms with Crippen LogP contribution in [0.15, 0.2) is 0 Å². The standard InChI is InChI=1S/C32H55NO26/c1-7(39)33-13-19(45)14(40)8(2-34)52-29(13)57-25-18(44)12(6-38)55-32(56-24-17(43)11(5-37)51-28(50)23(24)49)27(25)59-31-26(21(47)16(42)10(4-36)54-31)58-30-22(48)20(46)15(41)9(3-35)53-30/h8-32,34-38,40-50H,2-6H2,1H3,(H,33,39)/t8-,9-,10-,11-,12-,13-,14-,15-,16-,17-,18+,19-,20+,21+,22-,23-,24+,25+,26-,27-,28+,29-,30-,31-,32-/m1/s1. The Kier molecular flexibility index (Phi) is 17.1. The van der Waals surface area contributed by atoms with E-state index in [4.69, 9.17) is 42.6 Å². The van der Waals surface area contributed by atoms with Crippen molar-refractivity contribution in [1.29, 1.82) is 0 Å². The van der Waals surface area contributed by atoms with Crippen molar-refractivity contribution in [2.24, 2.45) is 0 Å². The van der Waals surface area contributed by atoms with E-state index in [1.165, 1.54) is 0 Å². The molecule has 5 aliphatic heterocycles. The lowest BCUT2D eigenvalue weighted by molar-refractivity contribution is -0.412. The van der Waals surface area contributed by atoms with E-state index in [1.54, 1.807) is 0 Å². The molecule has 0 aliphatic carbocycles. The first-order chi connectivity index (χ1) is 27.9. The summed E-state index contributed by atoms with van der Waals surface area (Å²) in [5, 5.41) is 171. The third-order valence-electron chi connectivity index (χ3n) is 10.7. The number of rotatable bonds is 14. The highest BCUT2D eigenvalue weighted by Gasteiger charge is 2.58. The lowest BCUT2D eigenvalue weighted by atomic mass is 9.94. The van der Waals surface area contributed by atoms with Crippen LogP contribution in [0.3, 0.4) is 0 Å². The van der Waals surface area contributed by atoms with Crippen molar-refractivity contribution >= 4 is 5.91 Å². The summed E-state index contributed by atoms with van der Waals surface area (Å²) in [6.45, 7) is -3.75. The SMILES string of the molecule is CC(=O)N[C@H]1[C@@H](O[C@H]2[C@@H](O)[C@@H](CO)O[C@H](O[C@@H]3[C@@H](O)[C@@H](O)O[C@H](CO)[C@H]3O)[C@@H]2O[C@H]2O[C@H](CO)[C@@H](O)[C@H](O)[C@H]2O[C@H]2O[C@H](CO)[C@@H](O)[C@H](O)[C@H]2O)O[C@H](CO)[C@@H](O)[C@@H]1O. The molecule has 0 bridgehead atoms. The fourth-order valence-electron chi connectivity index (χ4n) is 7.38. The topological polar surface area (TPSA) is 436 Å². The first-order valence-electron chi connectivity index (χ1n) is 18.6. The lowest BCUT2D eigenvalue weighted by Crippen LogP contribution is -2.70. The van der Waals surface area contributed by atoms with Gasteiger partial charge in [-0.15, -0.1) is 0 Å². The molecule has 0 spiro atoms. The van der Waals surface area contributed by atoms with Gasteiger partial charge in [-0.1, -0.05) is 0 Å². The number of carbonyl (C=O) groups excluding carboxylic acids is 1. The predicted octanol–water partition coefficient (Wildman–Crippen LogP) is -11.8. The Hall–Kier alpha value is -1.53. The fourth-order valence-corrected chi connectivity index (χ4v) is 7.38. The zero-order valence-corrected chi connectivity index (χ0v) is 31.2. The second-order valence-electron chi connectivity index (χ2n) is 14.7. The minimum absolute atomic E-state index is 0.790. The number of hydrogen-bond acceptors (Lipinski definition) is 26. The first-order valence-corrected chi connectivity index (χ1v) is 18.6. The van der Waals surface area contributed by atoms with Crippen molar-refractivity contribution in [2.75, 3.05) is 33.0 Å². The minimum atomic E-state index is -2.15. The smallest absolute Gasteiger partial charge is 0.217 e. The Bertz CT molecular complexity index is 1320. The van der Waals surface area contributed by atoms with Gasteiger partial charge in [0.15, 0.2) is 31.5 Å². The third kappa shape index (κ3) is 10.2. The van der Waals surface area contributed by atoms with Gasteiger partial charge in [0.05, 0.1) is 33.0 Å². The van der Waals surface area contributed by atoms with Gasteiger partial charge >= 0.3 is 0 Å². The van der Waals surface area contributed by atoms with Gasteiger partial charge in [-0.2, -0.15) is 0 Å². The molecule has 59 heavy (non-hydrogen) atoms. The summed E-state index contributed by atoms with van der Waals surface area (Å²) >= 11 is 0. The van der Waals surface area contributed by atoms with Crippen LogP contribution in [0.1, 0.15) is 6.92 Å². The van der Waals surface area contributed by atoms with Crippen molar-refractivity contribution < 1.29 is 129 Å². The van der Waals surface area contributed by atoms with E-state index in [-0.39, 0.29) is 0 Å². The second-order valence-corrected chi connectivity index (χ2v) is 14.7. The number of nitrogens with one attached hydrogen (secondary N) is 1. The van der Waals surface area contributed by atoms with Gasteiger partial charge in [-0.3, -0.25) is 4.79 Å². The van der Waals surface area contributed by atoms with Crippen molar-refractivity contribution in [1.82, 2.24) is 5.32 Å². The number of ether oxygens (including phenoxy) is 9. The van der Waals surface area contributed by atoms with Crippen molar-refractivity contribution in [3.05, 3.63) is 0 Å². The van der Waals surface area contributed by atoms with Crippen LogP contribution in [0.2, 0.25) is 0 Å². The zero-order valence-electron chi connectivity index (χ0n) is 31.2. The Morgan fingerprint density at radius 2 is 0.797 bits per heavy atom. The largest absolute Gasteiger partial charge is 0.394 e. The number of amides is 1. The zero-order chi connectivity index (χ0) is 43.6. The predicted molar refractivity (Wildman–Crippen MR) is 178 cm³/mol. The van der Waals surface area contributed by atoms with Crippen LogP contribution in [-0.4, -0.2) is 274 Å². The maximum atomic E-state index is 12.2. The summed E-state index contributed by atoms with van der Waals surface area (Å²) in [6, 6.07) is -1.67. The fraction of sp³-hybridized carbons (Fsp3) is 0.969. The van der Waals surface area contributed by atoms with E-state index in [2.05, 4.69) is 5.32 Å². The third-order valence-corrected chi connectivity index (χ3v) is 10.7. The molecule has 5 fully saturated rings. The van der Waals surface area contributed by atoms with Crippen molar-refractivity contribution in [3.63, 3.8) is 0 Å². The molecule has 0 aromatic carbocycles. The average Bonchev–Trinajstić information content (AvgIpc) is 3.21. The summed E-state index contributed by atoms with van der Waals surface area (Å²) in [5.41, 5.74) is 0. The Labute approximate surface area is 333 Å². The highest BCUT2D eigenvalue weighted by Crippen LogP contribution is 2.37. The van der Waals surface area contributed by atoms with E-state index in [9.17, 15) is 86.5 Å². The van der Waals surface area contributed by atoms with Crippen LogP contribution in [0.5, 0.6) is 0 Å². The maximum Gasteiger partial charge on any atom is 0.217 e. The van der Waals surface area contributed by atoms with Crippen molar-refractivity contribution in [2.45, 2.75) is 160 Å². The normalized spacial score (nSPS) is 51.0. The Morgan fingerprint density at radius 3 is 1.34 bits per heavy atom. The number of aliphatic hydroxyl groups excluding tert-OH is 16. The molecule has 0 radical (unpaired) electrons. The summed E-state index contributed by atoms with van der Waals surface area (Å²) < 4.78 is 51.4. The van der Waals surface area contributed by atoms with Crippen LogP contribution in [0.25, 0.3) is 0 Å². The molecule has 344 valence electrons. The van der Waals surface area contributed by atoms with Gasteiger partial charge in [-0.05, 0) is 0 Å². The van der Waals surface area contributed by atoms with Gasteiger partial charge in [0.25, 0.3) is 0 Å². The molecule has 0 aromatic heterocycles. The lowest BCUT2D eigenvalue weighted by Gasteiger charge is -2.51. The Balaban J connectivity index is 1.58. The highest BCUT2D eigenvalue weighted by molar-refractivity contribution is 5.73. The van der Waals surface area contributed by atoms with Gasteiger partial charge in [-0.25, -0.2) is 0 Å². The van der Waals surface area contributed by atoms with Crippen LogP contribution in [0.4, 0.5) is 0 Å². The van der Waals surface area contributed by atoms with E-state index in [0.29, 0.717) is 0 Å². The monoisotopic (exact) mass is 869 g/mol. The number of aliphatic hydroxyl groups is 16. The van der Waals surface area contributed by atoms with Crippen LogP contribution < -0.4 is 5.32 Å². The van der Waals surface area contributed by atoms with Gasteiger partial charge in [0, 0.05) is 6.92 Å². The highest BCUT2D eigenvalue weighted by atomic mass is 16.8. The maximum absolute atomic E-state index is 12.2. The second kappa shape index (κ2) is 20.8. The molecule has 1 amide bonds. The number of hydrogen-bond donors (Lipinski definition) is 17. The molecule has 17 N–H and O–H groups in total. The Morgan fingerprint density at radius 1 is 0.407 bits per heavy atom. The number of carbonyl (C=O) groups is 1. The molecule has 27 nitrogen and oxygen atoms in total. The van der Waals surface area contributed by atoms with E-state index in [0.717, 1.165) is 6.92 Å². The van der Waals surface area contributed by atoms with Gasteiger partial charge < -0.3 is 130 Å². The molecule has 0 unspecified atom stereocenters.